The van der Waals surface area contributed by atoms with E-state index in [0.29, 0.717) is 17.9 Å². The zero-order chi connectivity index (χ0) is 12.1. The van der Waals surface area contributed by atoms with Crippen LogP contribution in [-0.4, -0.2) is 12.9 Å². The summed E-state index contributed by atoms with van der Waals surface area (Å²) in [4.78, 5) is 10.9. The van der Waals surface area contributed by atoms with E-state index in [9.17, 15) is 4.79 Å². The van der Waals surface area contributed by atoms with E-state index in [1.54, 1.807) is 11.3 Å². The summed E-state index contributed by atoms with van der Waals surface area (Å²) in [5.74, 6) is 0.667. The summed E-state index contributed by atoms with van der Waals surface area (Å²) in [7, 11) is 0. The van der Waals surface area contributed by atoms with Crippen molar-refractivity contribution in [2.75, 3.05) is 6.61 Å². The van der Waals surface area contributed by atoms with Crippen LogP contribution in [0.25, 0.3) is 0 Å². The fourth-order valence-corrected chi connectivity index (χ4v) is 2.31. The lowest BCUT2D eigenvalue weighted by Crippen LogP contribution is -2.02. The molecule has 0 aliphatic carbocycles. The van der Waals surface area contributed by atoms with Crippen LogP contribution in [0.15, 0.2) is 35.0 Å². The van der Waals surface area contributed by atoms with Gasteiger partial charge in [-0.15, -0.1) is 0 Å². The first-order valence-electron chi connectivity index (χ1n) is 5.49. The molecule has 0 N–H and O–H groups in total. The van der Waals surface area contributed by atoms with E-state index in [1.165, 1.54) is 5.56 Å². The topological polar surface area (TPSA) is 26.3 Å². The lowest BCUT2D eigenvalue weighted by molar-refractivity contribution is 0.111. The maximum atomic E-state index is 10.9. The van der Waals surface area contributed by atoms with Crippen molar-refractivity contribution in [3.8, 4) is 5.75 Å². The van der Waals surface area contributed by atoms with Crippen LogP contribution in [-0.2, 0) is 6.42 Å². The van der Waals surface area contributed by atoms with Crippen molar-refractivity contribution in [3.63, 3.8) is 0 Å². The molecule has 2 nitrogen and oxygen atoms in total. The monoisotopic (exact) mass is 246 g/mol. The van der Waals surface area contributed by atoms with Crippen LogP contribution in [0, 0.1) is 6.92 Å². The van der Waals surface area contributed by atoms with Gasteiger partial charge in [0.2, 0.25) is 0 Å². The first-order chi connectivity index (χ1) is 8.29. The lowest BCUT2D eigenvalue weighted by atomic mass is 10.1. The van der Waals surface area contributed by atoms with Crippen molar-refractivity contribution in [1.29, 1.82) is 0 Å². The molecule has 0 fully saturated rings. The molecule has 17 heavy (non-hydrogen) atoms. The van der Waals surface area contributed by atoms with E-state index in [0.717, 1.165) is 18.3 Å². The number of hydrogen-bond acceptors (Lipinski definition) is 3. The largest absolute Gasteiger partial charge is 0.492 e. The van der Waals surface area contributed by atoms with Gasteiger partial charge in [0, 0.05) is 6.42 Å². The van der Waals surface area contributed by atoms with Crippen LogP contribution >= 0.6 is 11.3 Å². The van der Waals surface area contributed by atoms with E-state index >= 15 is 0 Å². The number of carbonyl (C=O) groups excluding carboxylic acids is 1. The molecule has 0 saturated carbocycles. The van der Waals surface area contributed by atoms with Gasteiger partial charge in [-0.05, 0) is 41.4 Å². The SMILES string of the molecule is Cc1ccc(OCCc2ccsc2)c(C=O)c1. The van der Waals surface area contributed by atoms with Gasteiger partial charge in [0.25, 0.3) is 0 Å². The average molecular weight is 246 g/mol. The number of ether oxygens (including phenoxy) is 1. The average Bonchev–Trinajstić information content (AvgIpc) is 2.84. The lowest BCUT2D eigenvalue weighted by Gasteiger charge is -2.08. The number of thiophene rings is 1. The van der Waals surface area contributed by atoms with Crippen LogP contribution in [0.1, 0.15) is 21.5 Å². The van der Waals surface area contributed by atoms with E-state index in [1.807, 2.05) is 25.1 Å². The number of rotatable bonds is 5. The highest BCUT2D eigenvalue weighted by Gasteiger charge is 2.03. The predicted octanol–water partition coefficient (Wildman–Crippen LogP) is 3.49. The molecule has 0 aliphatic heterocycles. The highest BCUT2D eigenvalue weighted by molar-refractivity contribution is 7.07. The van der Waals surface area contributed by atoms with Crippen molar-refractivity contribution in [2.24, 2.45) is 0 Å². The maximum Gasteiger partial charge on any atom is 0.153 e. The van der Waals surface area contributed by atoms with Crippen LogP contribution in [0.5, 0.6) is 5.75 Å². The molecule has 0 atom stereocenters. The van der Waals surface area contributed by atoms with E-state index in [4.69, 9.17) is 4.74 Å². The van der Waals surface area contributed by atoms with Gasteiger partial charge >= 0.3 is 0 Å². The number of hydrogen-bond donors (Lipinski definition) is 0. The summed E-state index contributed by atoms with van der Waals surface area (Å²) >= 11 is 1.68. The number of aldehydes is 1. The Bertz CT molecular complexity index is 489. The molecular formula is C14H14O2S. The summed E-state index contributed by atoms with van der Waals surface area (Å²) in [6.07, 6.45) is 1.71. The molecule has 0 amide bonds. The second kappa shape index (κ2) is 5.64. The third kappa shape index (κ3) is 3.17. The summed E-state index contributed by atoms with van der Waals surface area (Å²) in [5.41, 5.74) is 2.96. The van der Waals surface area contributed by atoms with Crippen molar-refractivity contribution in [1.82, 2.24) is 0 Å². The Morgan fingerprint density at radius 1 is 1.35 bits per heavy atom. The number of carbonyl (C=O) groups is 1. The molecule has 0 aliphatic rings. The zero-order valence-electron chi connectivity index (χ0n) is 9.68. The van der Waals surface area contributed by atoms with Crippen LogP contribution < -0.4 is 4.74 Å². The van der Waals surface area contributed by atoms with Crippen molar-refractivity contribution in [3.05, 3.63) is 51.7 Å². The van der Waals surface area contributed by atoms with Gasteiger partial charge in [0.05, 0.1) is 12.2 Å². The molecule has 0 spiro atoms. The van der Waals surface area contributed by atoms with Gasteiger partial charge in [-0.2, -0.15) is 11.3 Å². The molecule has 0 unspecified atom stereocenters. The Morgan fingerprint density at radius 2 is 2.24 bits per heavy atom. The maximum absolute atomic E-state index is 10.9. The third-order valence-electron chi connectivity index (χ3n) is 2.52. The standard InChI is InChI=1S/C14H14O2S/c1-11-2-3-14(13(8-11)9-15)16-6-4-12-5-7-17-10-12/h2-3,5,7-10H,4,6H2,1H3. The molecular weight excluding hydrogens is 232 g/mol. The molecule has 3 heteroatoms. The smallest absolute Gasteiger partial charge is 0.153 e. The number of benzene rings is 1. The van der Waals surface area contributed by atoms with Gasteiger partial charge < -0.3 is 4.74 Å². The quantitative estimate of drug-likeness (QED) is 0.755. The molecule has 1 aromatic carbocycles. The van der Waals surface area contributed by atoms with Crippen LogP contribution in [0.3, 0.4) is 0 Å². The molecule has 2 rings (SSSR count). The Kier molecular flexibility index (Phi) is 3.94. The molecule has 1 aromatic heterocycles. The normalized spacial score (nSPS) is 10.2. The van der Waals surface area contributed by atoms with Gasteiger partial charge in [0.1, 0.15) is 5.75 Å². The second-order valence-corrected chi connectivity index (χ2v) is 4.67. The summed E-state index contributed by atoms with van der Waals surface area (Å²) in [5, 5.41) is 4.16. The van der Waals surface area contributed by atoms with Crippen LogP contribution in [0.2, 0.25) is 0 Å². The summed E-state index contributed by atoms with van der Waals surface area (Å²) in [6.45, 7) is 2.56. The predicted molar refractivity (Wildman–Crippen MR) is 70.1 cm³/mol. The van der Waals surface area contributed by atoms with Crippen LogP contribution in [0.4, 0.5) is 0 Å². The van der Waals surface area contributed by atoms with E-state index in [-0.39, 0.29) is 0 Å². The minimum Gasteiger partial charge on any atom is -0.492 e. The Morgan fingerprint density at radius 3 is 2.94 bits per heavy atom. The molecule has 88 valence electrons. The van der Waals surface area contributed by atoms with Crippen molar-refractivity contribution < 1.29 is 9.53 Å². The highest BCUT2D eigenvalue weighted by Crippen LogP contribution is 2.18. The molecule has 0 bridgehead atoms. The minimum absolute atomic E-state index is 0.598. The van der Waals surface area contributed by atoms with Gasteiger partial charge in [-0.3, -0.25) is 4.79 Å². The van der Waals surface area contributed by atoms with Gasteiger partial charge in [-0.1, -0.05) is 11.6 Å². The van der Waals surface area contributed by atoms with Gasteiger partial charge in [-0.25, -0.2) is 0 Å². The fraction of sp³-hybridized carbons (Fsp3) is 0.214. The van der Waals surface area contributed by atoms with E-state index in [2.05, 4.69) is 16.8 Å². The molecule has 2 aromatic rings. The third-order valence-corrected chi connectivity index (χ3v) is 3.25. The summed E-state index contributed by atoms with van der Waals surface area (Å²) in [6, 6.07) is 7.73. The minimum atomic E-state index is 0.598. The number of aryl methyl sites for hydroxylation is 1. The Balaban J connectivity index is 1.96. The Labute approximate surface area is 105 Å². The molecule has 0 saturated heterocycles. The summed E-state index contributed by atoms with van der Waals surface area (Å²) < 4.78 is 5.63. The fourth-order valence-electron chi connectivity index (χ4n) is 1.61. The van der Waals surface area contributed by atoms with Crippen molar-refractivity contribution in [2.45, 2.75) is 13.3 Å². The molecule has 1 heterocycles. The van der Waals surface area contributed by atoms with E-state index < -0.39 is 0 Å². The molecule has 0 radical (unpaired) electrons. The highest BCUT2D eigenvalue weighted by atomic mass is 32.1. The van der Waals surface area contributed by atoms with Crippen molar-refractivity contribution >= 4 is 17.6 Å². The second-order valence-electron chi connectivity index (χ2n) is 3.89. The first kappa shape index (κ1) is 11.9. The Hall–Kier alpha value is -1.61. The van der Waals surface area contributed by atoms with Gasteiger partial charge in [0.15, 0.2) is 6.29 Å². The first-order valence-corrected chi connectivity index (χ1v) is 6.43. The zero-order valence-corrected chi connectivity index (χ0v) is 10.5.